The number of benzene rings is 3. The van der Waals surface area contributed by atoms with Gasteiger partial charge in [-0.2, -0.15) is 0 Å². The molecular formula is C19H14ClNO2. The van der Waals surface area contributed by atoms with Crippen LogP contribution in [-0.2, 0) is 0 Å². The Kier molecular flexibility index (Phi) is 4.60. The lowest BCUT2D eigenvalue weighted by Crippen LogP contribution is -2.11. The first-order chi connectivity index (χ1) is 11.2. The second-order valence-electron chi connectivity index (χ2n) is 4.90. The first-order valence-corrected chi connectivity index (χ1v) is 7.48. The second-order valence-corrected chi connectivity index (χ2v) is 5.34. The van der Waals surface area contributed by atoms with Gasteiger partial charge in [0.2, 0.25) is 0 Å². The van der Waals surface area contributed by atoms with Crippen molar-refractivity contribution in [3.8, 4) is 11.5 Å². The molecule has 0 heterocycles. The van der Waals surface area contributed by atoms with Crippen molar-refractivity contribution in [2.45, 2.75) is 0 Å². The van der Waals surface area contributed by atoms with Crippen LogP contribution in [0.25, 0.3) is 0 Å². The maximum absolute atomic E-state index is 12.3. The molecule has 0 aliphatic rings. The molecule has 0 spiro atoms. The monoisotopic (exact) mass is 323 g/mol. The number of carbonyl (C=O) groups excluding carboxylic acids is 1. The Morgan fingerprint density at radius 1 is 0.826 bits per heavy atom. The van der Waals surface area contributed by atoms with Crippen molar-refractivity contribution >= 4 is 23.2 Å². The van der Waals surface area contributed by atoms with E-state index in [-0.39, 0.29) is 5.91 Å². The fourth-order valence-corrected chi connectivity index (χ4v) is 2.19. The van der Waals surface area contributed by atoms with Crippen molar-refractivity contribution in [1.82, 2.24) is 0 Å². The molecule has 23 heavy (non-hydrogen) atoms. The molecule has 1 amide bonds. The molecule has 3 aromatic rings. The summed E-state index contributed by atoms with van der Waals surface area (Å²) in [6.07, 6.45) is 0. The predicted molar refractivity (Wildman–Crippen MR) is 92.4 cm³/mol. The van der Waals surface area contributed by atoms with Gasteiger partial charge in [-0.3, -0.25) is 4.79 Å². The molecule has 3 nitrogen and oxygen atoms in total. The van der Waals surface area contributed by atoms with Crippen LogP contribution in [0.3, 0.4) is 0 Å². The number of halogens is 1. The van der Waals surface area contributed by atoms with Gasteiger partial charge in [0.15, 0.2) is 0 Å². The van der Waals surface area contributed by atoms with Gasteiger partial charge in [0.25, 0.3) is 5.91 Å². The van der Waals surface area contributed by atoms with Gasteiger partial charge in [-0.1, -0.05) is 35.9 Å². The normalized spacial score (nSPS) is 10.1. The van der Waals surface area contributed by atoms with Gasteiger partial charge in [0.1, 0.15) is 11.5 Å². The second kappa shape index (κ2) is 6.99. The van der Waals surface area contributed by atoms with E-state index in [1.54, 1.807) is 42.5 Å². The van der Waals surface area contributed by atoms with Gasteiger partial charge in [-0.25, -0.2) is 0 Å². The molecule has 0 fully saturated rings. The number of hydrogen-bond acceptors (Lipinski definition) is 2. The minimum atomic E-state index is -0.203. The summed E-state index contributed by atoms with van der Waals surface area (Å²) in [5.74, 6) is 1.13. The van der Waals surface area contributed by atoms with E-state index in [9.17, 15) is 4.79 Å². The molecule has 3 rings (SSSR count). The van der Waals surface area contributed by atoms with E-state index in [0.717, 1.165) is 5.75 Å². The highest BCUT2D eigenvalue weighted by atomic mass is 35.5. The lowest BCUT2D eigenvalue weighted by Gasteiger charge is -2.08. The van der Waals surface area contributed by atoms with Crippen LogP contribution >= 0.6 is 11.6 Å². The third-order valence-corrected chi connectivity index (χ3v) is 3.43. The number of carbonyl (C=O) groups is 1. The zero-order chi connectivity index (χ0) is 16.1. The summed E-state index contributed by atoms with van der Waals surface area (Å²) in [5, 5.41) is 3.45. The van der Waals surface area contributed by atoms with E-state index in [1.807, 2.05) is 36.4 Å². The Morgan fingerprint density at radius 3 is 2.26 bits per heavy atom. The molecule has 0 bridgehead atoms. The summed E-state index contributed by atoms with van der Waals surface area (Å²) >= 11 is 5.83. The Labute approximate surface area is 139 Å². The van der Waals surface area contributed by atoms with Crippen molar-refractivity contribution in [3.05, 3.63) is 89.4 Å². The summed E-state index contributed by atoms with van der Waals surface area (Å²) in [6.45, 7) is 0. The fourth-order valence-electron chi connectivity index (χ4n) is 2.06. The zero-order valence-electron chi connectivity index (χ0n) is 12.2. The molecule has 0 saturated heterocycles. The quantitative estimate of drug-likeness (QED) is 0.699. The number of amides is 1. The summed E-state index contributed by atoms with van der Waals surface area (Å²) in [5.41, 5.74) is 1.21. The van der Waals surface area contributed by atoms with Crippen LogP contribution in [0.2, 0.25) is 5.02 Å². The van der Waals surface area contributed by atoms with Crippen molar-refractivity contribution in [1.29, 1.82) is 0 Å². The summed E-state index contributed by atoms with van der Waals surface area (Å²) < 4.78 is 5.74. The van der Waals surface area contributed by atoms with E-state index in [2.05, 4.69) is 5.32 Å². The largest absolute Gasteiger partial charge is 0.457 e. The van der Waals surface area contributed by atoms with Crippen LogP contribution in [0.5, 0.6) is 11.5 Å². The SMILES string of the molecule is O=C(Nc1ccc(Cl)cc1)c1cccc(Oc2ccccc2)c1. The van der Waals surface area contributed by atoms with E-state index < -0.39 is 0 Å². The Morgan fingerprint density at radius 2 is 1.52 bits per heavy atom. The van der Waals surface area contributed by atoms with Crippen LogP contribution in [-0.4, -0.2) is 5.91 Å². The average Bonchev–Trinajstić information content (AvgIpc) is 2.58. The molecule has 0 atom stereocenters. The van der Waals surface area contributed by atoms with Crippen LogP contribution < -0.4 is 10.1 Å². The molecule has 114 valence electrons. The van der Waals surface area contributed by atoms with Crippen LogP contribution in [0.15, 0.2) is 78.9 Å². The van der Waals surface area contributed by atoms with E-state index in [0.29, 0.717) is 22.0 Å². The van der Waals surface area contributed by atoms with Gasteiger partial charge in [-0.15, -0.1) is 0 Å². The fraction of sp³-hybridized carbons (Fsp3) is 0. The van der Waals surface area contributed by atoms with E-state index >= 15 is 0 Å². The highest BCUT2D eigenvalue weighted by Crippen LogP contribution is 2.22. The Balaban J connectivity index is 1.73. The van der Waals surface area contributed by atoms with Crippen molar-refractivity contribution in [3.63, 3.8) is 0 Å². The van der Waals surface area contributed by atoms with Crippen LogP contribution in [0.1, 0.15) is 10.4 Å². The first kappa shape index (κ1) is 15.1. The van der Waals surface area contributed by atoms with Crippen LogP contribution in [0, 0.1) is 0 Å². The molecule has 0 unspecified atom stereocenters. The maximum Gasteiger partial charge on any atom is 0.255 e. The zero-order valence-corrected chi connectivity index (χ0v) is 13.0. The third-order valence-electron chi connectivity index (χ3n) is 3.18. The summed E-state index contributed by atoms with van der Waals surface area (Å²) in [4.78, 5) is 12.3. The molecule has 4 heteroatoms. The van der Waals surface area contributed by atoms with Gasteiger partial charge >= 0.3 is 0 Å². The molecule has 1 N–H and O–H groups in total. The van der Waals surface area contributed by atoms with Crippen molar-refractivity contribution in [2.75, 3.05) is 5.32 Å². The standard InChI is InChI=1S/C19H14ClNO2/c20-15-9-11-16(12-10-15)21-19(22)14-5-4-8-18(13-14)23-17-6-2-1-3-7-17/h1-13H,(H,21,22). The lowest BCUT2D eigenvalue weighted by atomic mass is 10.2. The Hall–Kier alpha value is -2.78. The third kappa shape index (κ3) is 4.11. The summed E-state index contributed by atoms with van der Waals surface area (Å²) in [7, 11) is 0. The maximum atomic E-state index is 12.3. The molecule has 0 aliphatic heterocycles. The number of para-hydroxylation sites is 1. The molecule has 0 aromatic heterocycles. The minimum absolute atomic E-state index is 0.203. The average molecular weight is 324 g/mol. The number of rotatable bonds is 4. The smallest absolute Gasteiger partial charge is 0.255 e. The Bertz CT molecular complexity index is 801. The van der Waals surface area contributed by atoms with Crippen LogP contribution in [0.4, 0.5) is 5.69 Å². The van der Waals surface area contributed by atoms with E-state index in [1.165, 1.54) is 0 Å². The molecule has 0 aliphatic carbocycles. The van der Waals surface area contributed by atoms with Gasteiger partial charge in [0, 0.05) is 16.3 Å². The summed E-state index contributed by atoms with van der Waals surface area (Å²) in [6, 6.07) is 23.4. The van der Waals surface area contributed by atoms with E-state index in [4.69, 9.17) is 16.3 Å². The molecule has 0 saturated carbocycles. The molecular weight excluding hydrogens is 310 g/mol. The number of anilines is 1. The molecule has 3 aromatic carbocycles. The lowest BCUT2D eigenvalue weighted by molar-refractivity contribution is 0.102. The highest BCUT2D eigenvalue weighted by molar-refractivity contribution is 6.30. The highest BCUT2D eigenvalue weighted by Gasteiger charge is 2.08. The van der Waals surface area contributed by atoms with Gasteiger partial charge in [-0.05, 0) is 54.6 Å². The van der Waals surface area contributed by atoms with Gasteiger partial charge in [0.05, 0.1) is 0 Å². The van der Waals surface area contributed by atoms with Gasteiger partial charge < -0.3 is 10.1 Å². The van der Waals surface area contributed by atoms with Crippen molar-refractivity contribution < 1.29 is 9.53 Å². The first-order valence-electron chi connectivity index (χ1n) is 7.10. The molecule has 0 radical (unpaired) electrons. The minimum Gasteiger partial charge on any atom is -0.457 e. The topological polar surface area (TPSA) is 38.3 Å². The van der Waals surface area contributed by atoms with Crippen molar-refractivity contribution in [2.24, 2.45) is 0 Å². The number of ether oxygens (including phenoxy) is 1. The number of nitrogens with one attached hydrogen (secondary N) is 1. The predicted octanol–water partition coefficient (Wildman–Crippen LogP) is 5.38. The number of hydrogen-bond donors (Lipinski definition) is 1.